The molecule has 0 bridgehead atoms. The van der Waals surface area contributed by atoms with E-state index in [-0.39, 0.29) is 23.0 Å². The van der Waals surface area contributed by atoms with E-state index in [2.05, 4.69) is 10.6 Å². The summed E-state index contributed by atoms with van der Waals surface area (Å²) < 4.78 is 0. The Morgan fingerprint density at radius 2 is 1.71 bits per heavy atom. The zero-order valence-corrected chi connectivity index (χ0v) is 18.9. The largest absolute Gasteiger partial charge is 0.349 e. The van der Waals surface area contributed by atoms with Gasteiger partial charge in [0.15, 0.2) is 5.11 Å². The van der Waals surface area contributed by atoms with Crippen LogP contribution in [-0.4, -0.2) is 30.0 Å². The molecule has 2 N–H and O–H groups in total. The fourth-order valence-electron chi connectivity index (χ4n) is 3.66. The Morgan fingerprint density at radius 1 is 1.03 bits per heavy atom. The zero-order valence-electron chi connectivity index (χ0n) is 18.1. The SMILES string of the molecule is Cc1ccc(C=CC(=O)NC(=S)N(C)c2ccccc2C(=O)NC2CCCCC2)cc1. The Balaban J connectivity index is 1.64. The van der Waals surface area contributed by atoms with Gasteiger partial charge in [-0.25, -0.2) is 0 Å². The maximum atomic E-state index is 12.9. The minimum absolute atomic E-state index is 0.109. The van der Waals surface area contributed by atoms with Crippen LogP contribution in [0.2, 0.25) is 0 Å². The maximum Gasteiger partial charge on any atom is 0.253 e. The molecule has 31 heavy (non-hydrogen) atoms. The standard InChI is InChI=1S/C25H29N3O2S/c1-18-12-14-19(15-13-18)16-17-23(29)27-25(31)28(2)22-11-7-6-10-21(22)24(30)26-20-8-4-3-5-9-20/h6-7,10-17,20H,3-5,8-9H2,1-2H3,(H,26,30)(H,27,29,31). The second-order valence-corrected chi connectivity index (χ2v) is 8.31. The Kier molecular flexibility index (Phi) is 7.95. The molecule has 162 valence electrons. The van der Waals surface area contributed by atoms with Gasteiger partial charge in [-0.1, -0.05) is 61.2 Å². The van der Waals surface area contributed by atoms with Gasteiger partial charge >= 0.3 is 0 Å². The summed E-state index contributed by atoms with van der Waals surface area (Å²) in [4.78, 5) is 26.9. The number of hydrogen-bond acceptors (Lipinski definition) is 3. The molecule has 0 heterocycles. The van der Waals surface area contributed by atoms with Gasteiger partial charge in [-0.3, -0.25) is 14.9 Å². The van der Waals surface area contributed by atoms with Crippen LogP contribution in [0.1, 0.15) is 53.6 Å². The van der Waals surface area contributed by atoms with Gasteiger partial charge in [-0.05, 0) is 55.8 Å². The Hall–Kier alpha value is -2.99. The summed E-state index contributed by atoms with van der Waals surface area (Å²) in [6.07, 6.45) is 8.77. The lowest BCUT2D eigenvalue weighted by atomic mass is 9.95. The molecule has 1 aliphatic carbocycles. The topological polar surface area (TPSA) is 61.4 Å². The van der Waals surface area contributed by atoms with Gasteiger partial charge in [0.25, 0.3) is 5.91 Å². The molecule has 0 saturated heterocycles. The van der Waals surface area contributed by atoms with Gasteiger partial charge in [0, 0.05) is 19.2 Å². The normalized spacial score (nSPS) is 14.3. The van der Waals surface area contributed by atoms with Crippen molar-refractivity contribution in [1.29, 1.82) is 0 Å². The molecule has 6 heteroatoms. The highest BCUT2D eigenvalue weighted by atomic mass is 32.1. The lowest BCUT2D eigenvalue weighted by Gasteiger charge is -2.25. The third-order valence-electron chi connectivity index (χ3n) is 5.49. The number of hydrogen-bond donors (Lipinski definition) is 2. The van der Waals surface area contributed by atoms with Crippen molar-refractivity contribution in [3.05, 3.63) is 71.3 Å². The van der Waals surface area contributed by atoms with E-state index < -0.39 is 0 Å². The van der Waals surface area contributed by atoms with Crippen LogP contribution in [0.15, 0.2) is 54.6 Å². The lowest BCUT2D eigenvalue weighted by molar-refractivity contribution is -0.115. The number of rotatable bonds is 5. The van der Waals surface area contributed by atoms with Crippen LogP contribution in [0.3, 0.4) is 0 Å². The number of carbonyl (C=O) groups excluding carboxylic acids is 2. The first-order valence-corrected chi connectivity index (χ1v) is 11.1. The average Bonchev–Trinajstić information content (AvgIpc) is 2.79. The van der Waals surface area contributed by atoms with E-state index >= 15 is 0 Å². The molecule has 2 aromatic carbocycles. The third kappa shape index (κ3) is 6.49. The number of para-hydroxylation sites is 1. The van der Waals surface area contributed by atoms with Crippen molar-refractivity contribution in [2.45, 2.75) is 45.1 Å². The summed E-state index contributed by atoms with van der Waals surface area (Å²) in [5, 5.41) is 6.09. The smallest absolute Gasteiger partial charge is 0.253 e. The summed E-state index contributed by atoms with van der Waals surface area (Å²) in [5.41, 5.74) is 3.30. The first-order chi connectivity index (χ1) is 14.9. The highest BCUT2D eigenvalue weighted by molar-refractivity contribution is 7.80. The number of benzene rings is 2. The summed E-state index contributed by atoms with van der Waals surface area (Å²) in [6.45, 7) is 2.02. The molecular formula is C25H29N3O2S. The minimum Gasteiger partial charge on any atom is -0.349 e. The van der Waals surface area contributed by atoms with E-state index in [9.17, 15) is 9.59 Å². The molecule has 1 aliphatic rings. The average molecular weight is 436 g/mol. The van der Waals surface area contributed by atoms with Crippen LogP contribution >= 0.6 is 12.2 Å². The van der Waals surface area contributed by atoms with Crippen molar-refractivity contribution in [1.82, 2.24) is 10.6 Å². The molecule has 5 nitrogen and oxygen atoms in total. The Morgan fingerprint density at radius 3 is 2.42 bits per heavy atom. The highest BCUT2D eigenvalue weighted by Gasteiger charge is 2.21. The van der Waals surface area contributed by atoms with Crippen molar-refractivity contribution in [3.8, 4) is 0 Å². The predicted octanol–water partition coefficient (Wildman–Crippen LogP) is 4.61. The van der Waals surface area contributed by atoms with Gasteiger partial charge < -0.3 is 10.2 Å². The number of nitrogens with zero attached hydrogens (tertiary/aromatic N) is 1. The zero-order chi connectivity index (χ0) is 22.2. The monoisotopic (exact) mass is 435 g/mol. The summed E-state index contributed by atoms with van der Waals surface area (Å²) >= 11 is 5.42. The molecule has 0 radical (unpaired) electrons. The fraction of sp³-hybridized carbons (Fsp3) is 0.320. The quantitative estimate of drug-likeness (QED) is 0.532. The van der Waals surface area contributed by atoms with Crippen molar-refractivity contribution in [2.24, 2.45) is 0 Å². The molecule has 0 unspecified atom stereocenters. The third-order valence-corrected chi connectivity index (χ3v) is 5.87. The lowest BCUT2D eigenvalue weighted by Crippen LogP contribution is -2.41. The van der Waals surface area contributed by atoms with Crippen LogP contribution in [0.4, 0.5) is 5.69 Å². The minimum atomic E-state index is -0.318. The number of amides is 2. The second-order valence-electron chi connectivity index (χ2n) is 7.92. The molecule has 2 aromatic rings. The van der Waals surface area contributed by atoms with E-state index in [1.165, 1.54) is 12.5 Å². The van der Waals surface area contributed by atoms with E-state index in [4.69, 9.17) is 12.2 Å². The first-order valence-electron chi connectivity index (χ1n) is 10.7. The van der Waals surface area contributed by atoms with Crippen LogP contribution < -0.4 is 15.5 Å². The van der Waals surface area contributed by atoms with Gasteiger partial charge in [0.05, 0.1) is 11.3 Å². The van der Waals surface area contributed by atoms with E-state index in [0.717, 1.165) is 36.8 Å². The molecule has 2 amide bonds. The van der Waals surface area contributed by atoms with Crippen LogP contribution in [0.25, 0.3) is 6.08 Å². The molecule has 0 spiro atoms. The Labute approximate surface area is 189 Å². The Bertz CT molecular complexity index is 963. The molecule has 1 saturated carbocycles. The van der Waals surface area contributed by atoms with Crippen LogP contribution in [0.5, 0.6) is 0 Å². The van der Waals surface area contributed by atoms with Gasteiger partial charge in [-0.2, -0.15) is 0 Å². The van der Waals surface area contributed by atoms with Crippen molar-refractivity contribution < 1.29 is 9.59 Å². The van der Waals surface area contributed by atoms with Crippen molar-refractivity contribution in [2.75, 3.05) is 11.9 Å². The van der Waals surface area contributed by atoms with E-state index in [1.54, 1.807) is 24.1 Å². The molecule has 0 aliphatic heterocycles. The molecule has 3 rings (SSSR count). The second kappa shape index (κ2) is 10.9. The predicted molar refractivity (Wildman–Crippen MR) is 130 cm³/mol. The van der Waals surface area contributed by atoms with Gasteiger partial charge in [-0.15, -0.1) is 0 Å². The number of aryl methyl sites for hydroxylation is 1. The number of anilines is 1. The number of carbonyl (C=O) groups is 2. The number of thiocarbonyl (C=S) groups is 1. The molecule has 0 aromatic heterocycles. The molecule has 1 fully saturated rings. The summed E-state index contributed by atoms with van der Waals surface area (Å²) in [6, 6.07) is 15.4. The fourth-order valence-corrected chi connectivity index (χ4v) is 3.86. The van der Waals surface area contributed by atoms with Gasteiger partial charge in [0.1, 0.15) is 0 Å². The molecular weight excluding hydrogens is 406 g/mol. The van der Waals surface area contributed by atoms with Crippen molar-refractivity contribution in [3.63, 3.8) is 0 Å². The van der Waals surface area contributed by atoms with E-state index in [1.807, 2.05) is 49.4 Å². The summed E-state index contributed by atoms with van der Waals surface area (Å²) in [5.74, 6) is -0.427. The maximum absolute atomic E-state index is 12.9. The van der Waals surface area contributed by atoms with E-state index in [0.29, 0.717) is 11.3 Å². The summed E-state index contributed by atoms with van der Waals surface area (Å²) in [7, 11) is 1.75. The van der Waals surface area contributed by atoms with Crippen molar-refractivity contribution >= 4 is 40.9 Å². The highest BCUT2D eigenvalue weighted by Crippen LogP contribution is 2.22. The van der Waals surface area contributed by atoms with Crippen LogP contribution in [0, 0.1) is 6.92 Å². The van der Waals surface area contributed by atoms with Gasteiger partial charge in [0.2, 0.25) is 5.91 Å². The number of nitrogens with one attached hydrogen (secondary N) is 2. The molecule has 0 atom stereocenters. The first kappa shape index (κ1) is 22.7. The van der Waals surface area contributed by atoms with Crippen LogP contribution in [-0.2, 0) is 4.79 Å².